The van der Waals surface area contributed by atoms with Crippen molar-refractivity contribution in [2.45, 2.75) is 20.4 Å². The van der Waals surface area contributed by atoms with Gasteiger partial charge in [0.25, 0.3) is 5.56 Å². The Morgan fingerprint density at radius 1 is 1.12 bits per heavy atom. The molecule has 0 amide bonds. The molecule has 0 spiro atoms. The second-order valence-electron chi connectivity index (χ2n) is 6.44. The summed E-state index contributed by atoms with van der Waals surface area (Å²) in [6.45, 7) is 4.68. The quantitative estimate of drug-likeness (QED) is 0.431. The van der Waals surface area contributed by atoms with Crippen LogP contribution in [0.15, 0.2) is 63.4 Å². The molecule has 130 valence electrons. The summed E-state index contributed by atoms with van der Waals surface area (Å²) < 4.78 is 3.44. The molecule has 4 rings (SSSR count). The van der Waals surface area contributed by atoms with Gasteiger partial charge < -0.3 is 0 Å². The van der Waals surface area contributed by atoms with Crippen LogP contribution in [-0.2, 0) is 6.54 Å². The number of hydrogen-bond acceptors (Lipinski definition) is 3. The van der Waals surface area contributed by atoms with Crippen LogP contribution in [0.2, 0.25) is 0 Å². The highest BCUT2D eigenvalue weighted by Gasteiger charge is 2.13. The summed E-state index contributed by atoms with van der Waals surface area (Å²) in [5.74, 6) is 0. The number of fused-ring (bicyclic) bond motifs is 1. The molecule has 0 aliphatic heterocycles. The van der Waals surface area contributed by atoms with E-state index >= 15 is 0 Å². The monoisotopic (exact) mass is 424 g/mol. The summed E-state index contributed by atoms with van der Waals surface area (Å²) in [5.41, 5.74) is 6.40. The van der Waals surface area contributed by atoms with Crippen LogP contribution in [0.1, 0.15) is 16.7 Å². The summed E-state index contributed by atoms with van der Waals surface area (Å²) >= 11 is 4.92. The largest absolute Gasteiger partial charge is 0.294 e. The van der Waals surface area contributed by atoms with Crippen molar-refractivity contribution in [1.29, 1.82) is 0 Å². The summed E-state index contributed by atoms with van der Waals surface area (Å²) in [6, 6.07) is 14.4. The molecule has 0 aliphatic carbocycles. The Morgan fingerprint density at radius 3 is 2.65 bits per heavy atom. The normalized spacial score (nSPS) is 11.2. The highest BCUT2D eigenvalue weighted by atomic mass is 79.9. The van der Waals surface area contributed by atoms with E-state index < -0.39 is 0 Å². The first-order valence-electron chi connectivity index (χ1n) is 8.31. The first-order chi connectivity index (χ1) is 12.5. The average Bonchev–Trinajstić information content (AvgIpc) is 3.06. The second kappa shape index (κ2) is 6.82. The van der Waals surface area contributed by atoms with Crippen LogP contribution < -0.4 is 5.56 Å². The fourth-order valence-electron chi connectivity index (χ4n) is 3.04. The molecular formula is C21H17BrN2OS. The van der Waals surface area contributed by atoms with Crippen LogP contribution in [0.25, 0.3) is 21.3 Å². The maximum atomic E-state index is 13.0. The molecule has 2 aromatic heterocycles. The van der Waals surface area contributed by atoms with Gasteiger partial charge >= 0.3 is 0 Å². The fourth-order valence-corrected chi connectivity index (χ4v) is 4.28. The SMILES string of the molecule is Cc1ccc(C)c(Cn2cnc3c(-c4ccc(Br)cc4)csc3c2=O)c1. The molecule has 4 aromatic rings. The maximum Gasteiger partial charge on any atom is 0.271 e. The number of thiophene rings is 1. The van der Waals surface area contributed by atoms with Gasteiger partial charge in [0, 0.05) is 15.4 Å². The molecule has 0 N–H and O–H groups in total. The third kappa shape index (κ3) is 3.13. The number of halogens is 1. The van der Waals surface area contributed by atoms with Gasteiger partial charge in [0.05, 0.1) is 18.4 Å². The Balaban J connectivity index is 1.78. The molecule has 0 bridgehead atoms. The lowest BCUT2D eigenvalue weighted by Gasteiger charge is -2.09. The lowest BCUT2D eigenvalue weighted by atomic mass is 10.1. The molecule has 26 heavy (non-hydrogen) atoms. The molecular weight excluding hydrogens is 408 g/mol. The lowest BCUT2D eigenvalue weighted by molar-refractivity contribution is 0.745. The number of aromatic nitrogens is 2. The van der Waals surface area contributed by atoms with Crippen molar-refractivity contribution >= 4 is 37.5 Å². The van der Waals surface area contributed by atoms with Crippen molar-refractivity contribution in [3.8, 4) is 11.1 Å². The van der Waals surface area contributed by atoms with E-state index in [1.165, 1.54) is 22.5 Å². The summed E-state index contributed by atoms with van der Waals surface area (Å²) in [6.07, 6.45) is 1.67. The standard InChI is InChI=1S/C21H17BrN2OS/c1-13-3-4-14(2)16(9-13)10-24-12-23-19-18(11-26-20(19)21(24)25)15-5-7-17(22)8-6-15/h3-9,11-12H,10H2,1-2H3. The van der Waals surface area contributed by atoms with Gasteiger partial charge in [-0.25, -0.2) is 4.98 Å². The molecule has 0 fully saturated rings. The summed E-state index contributed by atoms with van der Waals surface area (Å²) in [5, 5.41) is 2.02. The molecule has 5 heteroatoms. The summed E-state index contributed by atoms with van der Waals surface area (Å²) in [4.78, 5) is 17.6. The molecule has 0 aliphatic rings. The Labute approximate surface area is 164 Å². The van der Waals surface area contributed by atoms with E-state index in [1.807, 2.05) is 29.6 Å². The first kappa shape index (κ1) is 17.2. The fraction of sp³-hybridized carbons (Fsp3) is 0.143. The van der Waals surface area contributed by atoms with Crippen LogP contribution in [0.5, 0.6) is 0 Å². The Kier molecular flexibility index (Phi) is 4.51. The van der Waals surface area contributed by atoms with Crippen LogP contribution >= 0.6 is 27.3 Å². The van der Waals surface area contributed by atoms with Crippen molar-refractivity contribution < 1.29 is 0 Å². The van der Waals surface area contributed by atoms with Gasteiger partial charge in [-0.05, 0) is 42.7 Å². The zero-order valence-corrected chi connectivity index (χ0v) is 16.9. The van der Waals surface area contributed by atoms with Crippen molar-refractivity contribution in [3.63, 3.8) is 0 Å². The number of hydrogen-bond donors (Lipinski definition) is 0. The van der Waals surface area contributed by atoms with Gasteiger partial charge in [0.1, 0.15) is 4.70 Å². The molecule has 3 nitrogen and oxygen atoms in total. The molecule has 0 atom stereocenters. The molecule has 2 aromatic carbocycles. The van der Waals surface area contributed by atoms with Crippen LogP contribution in [-0.4, -0.2) is 9.55 Å². The average molecular weight is 425 g/mol. The Morgan fingerprint density at radius 2 is 1.88 bits per heavy atom. The minimum atomic E-state index is 0.0178. The van der Waals surface area contributed by atoms with E-state index in [-0.39, 0.29) is 5.56 Å². The topological polar surface area (TPSA) is 34.9 Å². The van der Waals surface area contributed by atoms with Gasteiger partial charge in [-0.3, -0.25) is 9.36 Å². The second-order valence-corrected chi connectivity index (χ2v) is 8.24. The van der Waals surface area contributed by atoms with E-state index in [9.17, 15) is 4.79 Å². The number of nitrogens with zero attached hydrogens (tertiary/aromatic N) is 2. The maximum absolute atomic E-state index is 13.0. The zero-order chi connectivity index (χ0) is 18.3. The van der Waals surface area contributed by atoms with Crippen molar-refractivity contribution in [2.24, 2.45) is 0 Å². The van der Waals surface area contributed by atoms with E-state index in [0.29, 0.717) is 11.2 Å². The van der Waals surface area contributed by atoms with E-state index in [0.717, 1.165) is 26.7 Å². The number of rotatable bonds is 3. The summed E-state index contributed by atoms with van der Waals surface area (Å²) in [7, 11) is 0. The molecule has 0 radical (unpaired) electrons. The molecule has 2 heterocycles. The van der Waals surface area contributed by atoms with E-state index in [2.05, 4.69) is 53.0 Å². The molecule has 0 saturated carbocycles. The number of aryl methyl sites for hydroxylation is 2. The van der Waals surface area contributed by atoms with Crippen LogP contribution in [0, 0.1) is 13.8 Å². The smallest absolute Gasteiger partial charge is 0.271 e. The third-order valence-corrected chi connectivity index (χ3v) is 6.03. The molecule has 0 saturated heterocycles. The van der Waals surface area contributed by atoms with Crippen molar-refractivity contribution in [2.75, 3.05) is 0 Å². The zero-order valence-electron chi connectivity index (χ0n) is 14.5. The van der Waals surface area contributed by atoms with Gasteiger partial charge in [-0.15, -0.1) is 11.3 Å². The van der Waals surface area contributed by atoms with Gasteiger partial charge in [0.15, 0.2) is 0 Å². The van der Waals surface area contributed by atoms with Crippen molar-refractivity contribution in [3.05, 3.63) is 85.7 Å². The van der Waals surface area contributed by atoms with E-state index in [1.54, 1.807) is 10.9 Å². The van der Waals surface area contributed by atoms with Crippen LogP contribution in [0.4, 0.5) is 0 Å². The minimum absolute atomic E-state index is 0.0178. The predicted octanol–water partition coefficient (Wildman–Crippen LogP) is 5.55. The van der Waals surface area contributed by atoms with Gasteiger partial charge in [0.2, 0.25) is 0 Å². The highest BCUT2D eigenvalue weighted by molar-refractivity contribution is 9.10. The van der Waals surface area contributed by atoms with Gasteiger partial charge in [-0.2, -0.15) is 0 Å². The first-order valence-corrected chi connectivity index (χ1v) is 9.99. The highest BCUT2D eigenvalue weighted by Crippen LogP contribution is 2.31. The van der Waals surface area contributed by atoms with Crippen LogP contribution in [0.3, 0.4) is 0 Å². The third-order valence-electron chi connectivity index (χ3n) is 4.55. The lowest BCUT2D eigenvalue weighted by Crippen LogP contribution is -2.20. The number of benzene rings is 2. The minimum Gasteiger partial charge on any atom is -0.294 e. The Hall–Kier alpha value is -2.24. The predicted molar refractivity (Wildman–Crippen MR) is 112 cm³/mol. The van der Waals surface area contributed by atoms with Crippen molar-refractivity contribution in [1.82, 2.24) is 9.55 Å². The molecule has 0 unspecified atom stereocenters. The van der Waals surface area contributed by atoms with E-state index in [4.69, 9.17) is 0 Å². The van der Waals surface area contributed by atoms with Gasteiger partial charge in [-0.1, -0.05) is 51.8 Å². The Bertz CT molecular complexity index is 1160.